The van der Waals surface area contributed by atoms with E-state index < -0.39 is 0 Å². The molecule has 4 aromatic rings. The van der Waals surface area contributed by atoms with E-state index in [2.05, 4.69) is 37.2 Å². The second kappa shape index (κ2) is 9.81. The number of amides is 1. The van der Waals surface area contributed by atoms with Gasteiger partial charge in [-0.15, -0.1) is 0 Å². The quantitative estimate of drug-likeness (QED) is 0.443. The topological polar surface area (TPSA) is 99.3 Å². The smallest absolute Gasteiger partial charge is 0.270 e. The largest absolute Gasteiger partial charge is 0.380 e. The zero-order chi connectivity index (χ0) is 24.4. The molecule has 9 nitrogen and oxygen atoms in total. The lowest BCUT2D eigenvalue weighted by atomic mass is 10.1. The second-order valence-corrected chi connectivity index (χ2v) is 8.91. The van der Waals surface area contributed by atoms with E-state index in [1.165, 1.54) is 0 Å². The summed E-state index contributed by atoms with van der Waals surface area (Å²) >= 11 is 0. The van der Waals surface area contributed by atoms with Crippen molar-refractivity contribution in [3.8, 4) is 11.4 Å². The number of H-pyrrole nitrogens is 1. The lowest BCUT2D eigenvalue weighted by molar-refractivity contribution is 0.0659. The van der Waals surface area contributed by atoms with E-state index >= 15 is 0 Å². The first-order valence-corrected chi connectivity index (χ1v) is 11.7. The van der Waals surface area contributed by atoms with E-state index in [1.807, 2.05) is 48.2 Å². The van der Waals surface area contributed by atoms with Crippen molar-refractivity contribution < 1.29 is 9.53 Å². The summed E-state index contributed by atoms with van der Waals surface area (Å²) in [4.78, 5) is 34.0. The SMILES string of the molecule is COCc1ccnc(-c2ccnc(Nc3cc(C)c4[nH]c(C(=O)N5CCN(C)CC5)cc4c3)n2)c1. The van der Waals surface area contributed by atoms with Gasteiger partial charge in [-0.25, -0.2) is 9.97 Å². The molecule has 1 aromatic carbocycles. The number of hydrogen-bond donors (Lipinski definition) is 2. The van der Waals surface area contributed by atoms with Gasteiger partial charge in [0.15, 0.2) is 0 Å². The van der Waals surface area contributed by atoms with Gasteiger partial charge in [0.1, 0.15) is 5.69 Å². The fourth-order valence-electron chi connectivity index (χ4n) is 4.35. The summed E-state index contributed by atoms with van der Waals surface area (Å²) in [5.41, 5.74) is 5.97. The van der Waals surface area contributed by atoms with E-state index in [-0.39, 0.29) is 5.91 Å². The van der Waals surface area contributed by atoms with Gasteiger partial charge in [-0.05, 0) is 61.5 Å². The molecule has 2 N–H and O–H groups in total. The molecular formula is C26H29N7O2. The zero-order valence-electron chi connectivity index (χ0n) is 20.2. The van der Waals surface area contributed by atoms with Crippen molar-refractivity contribution in [3.63, 3.8) is 0 Å². The Bertz CT molecular complexity index is 1360. The van der Waals surface area contributed by atoms with Crippen molar-refractivity contribution in [3.05, 3.63) is 65.6 Å². The van der Waals surface area contributed by atoms with E-state index in [1.54, 1.807) is 19.5 Å². The van der Waals surface area contributed by atoms with Gasteiger partial charge in [-0.2, -0.15) is 0 Å². The molecule has 35 heavy (non-hydrogen) atoms. The number of carbonyl (C=O) groups excluding carboxylic acids is 1. The monoisotopic (exact) mass is 471 g/mol. The molecular weight excluding hydrogens is 442 g/mol. The third kappa shape index (κ3) is 5.01. The Morgan fingerprint density at radius 3 is 2.66 bits per heavy atom. The number of piperazine rings is 1. The normalized spacial score (nSPS) is 14.4. The number of aryl methyl sites for hydroxylation is 1. The van der Waals surface area contributed by atoms with Crippen LogP contribution in [-0.2, 0) is 11.3 Å². The maximum absolute atomic E-state index is 13.0. The van der Waals surface area contributed by atoms with Gasteiger partial charge < -0.3 is 24.8 Å². The van der Waals surface area contributed by atoms with Crippen LogP contribution in [-0.4, -0.2) is 76.0 Å². The van der Waals surface area contributed by atoms with Gasteiger partial charge in [0.2, 0.25) is 5.95 Å². The van der Waals surface area contributed by atoms with E-state index in [4.69, 9.17) is 4.74 Å². The molecule has 0 radical (unpaired) electrons. The minimum atomic E-state index is 0.0439. The van der Waals surface area contributed by atoms with Crippen LogP contribution in [0.4, 0.5) is 11.6 Å². The third-order valence-corrected chi connectivity index (χ3v) is 6.26. The molecule has 0 saturated carbocycles. The summed E-state index contributed by atoms with van der Waals surface area (Å²) in [7, 11) is 3.75. The molecule has 0 unspecified atom stereocenters. The molecule has 1 aliphatic heterocycles. The molecule has 9 heteroatoms. The number of aromatic amines is 1. The number of likely N-dealkylation sites (N-methyl/N-ethyl adjacent to an activating group) is 1. The van der Waals surface area contributed by atoms with Crippen molar-refractivity contribution in [2.75, 3.05) is 45.7 Å². The number of hydrogen-bond acceptors (Lipinski definition) is 7. The summed E-state index contributed by atoms with van der Waals surface area (Å²) in [6.07, 6.45) is 3.47. The van der Waals surface area contributed by atoms with Crippen LogP contribution < -0.4 is 5.32 Å². The molecule has 0 bridgehead atoms. The van der Waals surface area contributed by atoms with Crippen LogP contribution in [0.5, 0.6) is 0 Å². The molecule has 1 aliphatic rings. The van der Waals surface area contributed by atoms with E-state index in [0.717, 1.165) is 65.3 Å². The fraction of sp³-hybridized carbons (Fsp3) is 0.308. The number of methoxy groups -OCH3 is 1. The number of aromatic nitrogens is 4. The molecule has 0 spiro atoms. The van der Waals surface area contributed by atoms with Gasteiger partial charge >= 0.3 is 0 Å². The summed E-state index contributed by atoms with van der Waals surface area (Å²) in [5.74, 6) is 0.520. The minimum absolute atomic E-state index is 0.0439. The first kappa shape index (κ1) is 22.9. The zero-order valence-corrected chi connectivity index (χ0v) is 20.2. The highest BCUT2D eigenvalue weighted by Crippen LogP contribution is 2.27. The summed E-state index contributed by atoms with van der Waals surface area (Å²) in [6.45, 7) is 5.81. The predicted octanol–water partition coefficient (Wildman–Crippen LogP) is 3.61. The van der Waals surface area contributed by atoms with Crippen LogP contribution in [0.1, 0.15) is 21.6 Å². The Kier molecular flexibility index (Phi) is 6.43. The highest BCUT2D eigenvalue weighted by molar-refractivity contribution is 5.99. The predicted molar refractivity (Wildman–Crippen MR) is 136 cm³/mol. The van der Waals surface area contributed by atoms with Crippen molar-refractivity contribution >= 4 is 28.4 Å². The number of benzene rings is 1. The van der Waals surface area contributed by atoms with Crippen molar-refractivity contribution in [1.29, 1.82) is 0 Å². The molecule has 4 heterocycles. The number of carbonyl (C=O) groups is 1. The minimum Gasteiger partial charge on any atom is -0.380 e. The van der Waals surface area contributed by atoms with Crippen LogP contribution >= 0.6 is 0 Å². The first-order chi connectivity index (χ1) is 17.0. The Morgan fingerprint density at radius 1 is 1.06 bits per heavy atom. The molecule has 180 valence electrons. The Balaban J connectivity index is 1.38. The van der Waals surface area contributed by atoms with E-state index in [9.17, 15) is 4.79 Å². The van der Waals surface area contributed by atoms with Crippen LogP contribution in [0.15, 0.2) is 48.8 Å². The highest BCUT2D eigenvalue weighted by Gasteiger charge is 2.22. The second-order valence-electron chi connectivity index (χ2n) is 8.91. The number of nitrogens with zero attached hydrogens (tertiary/aromatic N) is 5. The number of fused-ring (bicyclic) bond motifs is 1. The van der Waals surface area contributed by atoms with Gasteiger partial charge in [0.05, 0.1) is 18.0 Å². The fourth-order valence-corrected chi connectivity index (χ4v) is 4.35. The van der Waals surface area contributed by atoms with Crippen LogP contribution in [0.3, 0.4) is 0 Å². The maximum atomic E-state index is 13.0. The molecule has 5 rings (SSSR count). The van der Waals surface area contributed by atoms with Gasteiger partial charge in [0.25, 0.3) is 5.91 Å². The van der Waals surface area contributed by atoms with Gasteiger partial charge in [0, 0.05) is 62.3 Å². The average Bonchev–Trinajstić information content (AvgIpc) is 3.30. The Morgan fingerprint density at radius 2 is 1.86 bits per heavy atom. The standard InChI is InChI=1S/C26H29N7O2/c1-17-12-20(14-19-15-23(30-24(17)19)25(34)33-10-8-32(2)9-11-33)29-26-28-7-5-21(31-26)22-13-18(16-35-3)4-6-27-22/h4-7,12-15,30H,8-11,16H2,1-3H3,(H,28,29,31). The summed E-state index contributed by atoms with van der Waals surface area (Å²) in [6, 6.07) is 11.7. The van der Waals surface area contributed by atoms with E-state index in [0.29, 0.717) is 18.2 Å². The average molecular weight is 472 g/mol. The van der Waals surface area contributed by atoms with Crippen LogP contribution in [0.2, 0.25) is 0 Å². The number of ether oxygens (including phenoxy) is 1. The summed E-state index contributed by atoms with van der Waals surface area (Å²) in [5, 5.41) is 4.27. The third-order valence-electron chi connectivity index (χ3n) is 6.26. The first-order valence-electron chi connectivity index (χ1n) is 11.7. The molecule has 1 saturated heterocycles. The molecule has 0 atom stereocenters. The maximum Gasteiger partial charge on any atom is 0.270 e. The molecule has 1 fully saturated rings. The Labute approximate surface area is 204 Å². The lowest BCUT2D eigenvalue weighted by Gasteiger charge is -2.32. The number of nitrogens with one attached hydrogen (secondary N) is 2. The molecule has 0 aliphatic carbocycles. The van der Waals surface area contributed by atoms with Gasteiger partial charge in [-0.3, -0.25) is 9.78 Å². The van der Waals surface area contributed by atoms with Crippen molar-refractivity contribution in [1.82, 2.24) is 29.7 Å². The number of rotatable bonds is 6. The number of anilines is 2. The van der Waals surface area contributed by atoms with Crippen molar-refractivity contribution in [2.45, 2.75) is 13.5 Å². The van der Waals surface area contributed by atoms with Gasteiger partial charge in [-0.1, -0.05) is 0 Å². The molecule has 3 aromatic heterocycles. The summed E-state index contributed by atoms with van der Waals surface area (Å²) < 4.78 is 5.22. The molecule has 1 amide bonds. The van der Waals surface area contributed by atoms with Crippen molar-refractivity contribution in [2.24, 2.45) is 0 Å². The van der Waals surface area contributed by atoms with Crippen LogP contribution in [0, 0.1) is 6.92 Å². The highest BCUT2D eigenvalue weighted by atomic mass is 16.5. The Hall–Kier alpha value is -3.82. The lowest BCUT2D eigenvalue weighted by Crippen LogP contribution is -2.47. The van der Waals surface area contributed by atoms with Crippen LogP contribution in [0.25, 0.3) is 22.3 Å². The number of pyridine rings is 1.